The largest absolute Gasteiger partial charge is 0.340 e. The molecular weight excluding hydrogens is 362 g/mol. The van der Waals surface area contributed by atoms with E-state index in [4.69, 9.17) is 0 Å². The van der Waals surface area contributed by atoms with E-state index in [1.807, 2.05) is 40.1 Å². The van der Waals surface area contributed by atoms with Gasteiger partial charge in [0.1, 0.15) is 0 Å². The molecule has 2 aromatic carbocycles. The third-order valence-corrected chi connectivity index (χ3v) is 6.12. The summed E-state index contributed by atoms with van der Waals surface area (Å²) >= 11 is 0. The van der Waals surface area contributed by atoms with Gasteiger partial charge in [-0.3, -0.25) is 14.5 Å². The van der Waals surface area contributed by atoms with Crippen LogP contribution in [0.2, 0.25) is 0 Å². The molecule has 0 saturated carbocycles. The SMILES string of the molecule is Cc1ccccc1CN1CCN(C(=O)C2CC(=O)N(Cc3ccccc3)C2)CC1. The lowest BCUT2D eigenvalue weighted by Gasteiger charge is -2.36. The Morgan fingerprint density at radius 1 is 0.931 bits per heavy atom. The summed E-state index contributed by atoms with van der Waals surface area (Å²) in [5.41, 5.74) is 3.78. The first-order chi connectivity index (χ1) is 14.1. The van der Waals surface area contributed by atoms with Gasteiger partial charge in [-0.05, 0) is 23.6 Å². The fourth-order valence-electron chi connectivity index (χ4n) is 4.31. The van der Waals surface area contributed by atoms with Crippen molar-refractivity contribution in [1.82, 2.24) is 14.7 Å². The molecule has 2 heterocycles. The molecule has 2 aromatic rings. The van der Waals surface area contributed by atoms with Gasteiger partial charge >= 0.3 is 0 Å². The van der Waals surface area contributed by atoms with E-state index in [0.717, 1.165) is 38.3 Å². The van der Waals surface area contributed by atoms with E-state index in [9.17, 15) is 9.59 Å². The average molecular weight is 392 g/mol. The minimum absolute atomic E-state index is 0.0883. The van der Waals surface area contributed by atoms with Crippen molar-refractivity contribution in [3.05, 3.63) is 71.3 Å². The monoisotopic (exact) mass is 391 g/mol. The molecule has 5 heteroatoms. The van der Waals surface area contributed by atoms with Crippen LogP contribution in [0.1, 0.15) is 23.1 Å². The van der Waals surface area contributed by atoms with Crippen LogP contribution >= 0.6 is 0 Å². The van der Waals surface area contributed by atoms with Gasteiger partial charge in [-0.15, -0.1) is 0 Å². The molecule has 0 radical (unpaired) electrons. The van der Waals surface area contributed by atoms with Crippen LogP contribution < -0.4 is 0 Å². The predicted molar refractivity (Wildman–Crippen MR) is 113 cm³/mol. The maximum absolute atomic E-state index is 13.0. The zero-order chi connectivity index (χ0) is 20.2. The zero-order valence-corrected chi connectivity index (χ0v) is 17.1. The van der Waals surface area contributed by atoms with Crippen LogP contribution in [0.3, 0.4) is 0 Å². The second-order valence-electron chi connectivity index (χ2n) is 8.19. The lowest BCUT2D eigenvalue weighted by Crippen LogP contribution is -2.50. The van der Waals surface area contributed by atoms with E-state index in [1.54, 1.807) is 0 Å². The number of aryl methyl sites for hydroxylation is 1. The Balaban J connectivity index is 1.28. The highest BCUT2D eigenvalue weighted by Crippen LogP contribution is 2.23. The van der Waals surface area contributed by atoms with Crippen LogP contribution in [0.5, 0.6) is 0 Å². The van der Waals surface area contributed by atoms with Crippen LogP contribution in [-0.4, -0.2) is 59.2 Å². The first-order valence-electron chi connectivity index (χ1n) is 10.5. The molecule has 2 saturated heterocycles. The third kappa shape index (κ3) is 4.67. The third-order valence-electron chi connectivity index (χ3n) is 6.12. The van der Waals surface area contributed by atoms with Crippen LogP contribution in [0.4, 0.5) is 0 Å². The fourth-order valence-corrected chi connectivity index (χ4v) is 4.31. The number of nitrogens with zero attached hydrogens (tertiary/aromatic N) is 3. The molecule has 1 unspecified atom stereocenters. The van der Waals surface area contributed by atoms with Gasteiger partial charge in [0.25, 0.3) is 0 Å². The number of amides is 2. The summed E-state index contributed by atoms with van der Waals surface area (Å²) in [5.74, 6) is 0.0315. The van der Waals surface area contributed by atoms with Crippen LogP contribution in [0, 0.1) is 12.8 Å². The number of likely N-dealkylation sites (tertiary alicyclic amines) is 1. The summed E-state index contributed by atoms with van der Waals surface area (Å²) in [6, 6.07) is 18.5. The summed E-state index contributed by atoms with van der Waals surface area (Å²) in [5, 5.41) is 0. The standard InChI is InChI=1S/C24H29N3O2/c1-19-7-5-6-10-21(19)17-25-11-13-26(14-12-25)24(29)22-15-23(28)27(18-22)16-20-8-3-2-4-9-20/h2-10,22H,11-18H2,1H3. The lowest BCUT2D eigenvalue weighted by molar-refractivity contribution is -0.137. The maximum atomic E-state index is 13.0. The molecule has 2 aliphatic rings. The molecular formula is C24H29N3O2. The Kier molecular flexibility index (Phi) is 5.95. The molecule has 0 aromatic heterocycles. The van der Waals surface area contributed by atoms with E-state index in [1.165, 1.54) is 11.1 Å². The van der Waals surface area contributed by atoms with E-state index < -0.39 is 0 Å². The van der Waals surface area contributed by atoms with Crippen LogP contribution in [0.25, 0.3) is 0 Å². The van der Waals surface area contributed by atoms with Gasteiger partial charge in [0, 0.05) is 52.2 Å². The van der Waals surface area contributed by atoms with Crippen molar-refractivity contribution in [1.29, 1.82) is 0 Å². The number of hydrogen-bond donors (Lipinski definition) is 0. The Bertz CT molecular complexity index is 859. The van der Waals surface area contributed by atoms with Crippen molar-refractivity contribution >= 4 is 11.8 Å². The second-order valence-corrected chi connectivity index (χ2v) is 8.19. The highest BCUT2D eigenvalue weighted by atomic mass is 16.2. The van der Waals surface area contributed by atoms with Crippen LogP contribution in [-0.2, 0) is 22.7 Å². The normalized spacial score (nSPS) is 20.3. The second kappa shape index (κ2) is 8.78. The Morgan fingerprint density at radius 3 is 2.34 bits per heavy atom. The molecule has 0 aliphatic carbocycles. The Hall–Kier alpha value is -2.66. The summed E-state index contributed by atoms with van der Waals surface area (Å²) in [6.45, 7) is 7.46. The molecule has 1 atom stereocenters. The molecule has 5 nitrogen and oxygen atoms in total. The van der Waals surface area contributed by atoms with Gasteiger partial charge in [-0.1, -0.05) is 54.6 Å². The molecule has 4 rings (SSSR count). The number of rotatable bonds is 5. The first-order valence-corrected chi connectivity index (χ1v) is 10.5. The van der Waals surface area contributed by atoms with Crippen molar-refractivity contribution in [2.24, 2.45) is 5.92 Å². The van der Waals surface area contributed by atoms with E-state index in [2.05, 4.69) is 36.1 Å². The summed E-state index contributed by atoms with van der Waals surface area (Å²) < 4.78 is 0. The van der Waals surface area contributed by atoms with E-state index >= 15 is 0 Å². The van der Waals surface area contributed by atoms with Crippen molar-refractivity contribution in [3.8, 4) is 0 Å². The number of carbonyl (C=O) groups excluding carboxylic acids is 2. The van der Waals surface area contributed by atoms with Crippen molar-refractivity contribution in [2.75, 3.05) is 32.7 Å². The highest BCUT2D eigenvalue weighted by Gasteiger charge is 2.37. The summed E-state index contributed by atoms with van der Waals surface area (Å²) in [4.78, 5) is 31.6. The number of hydrogen-bond acceptors (Lipinski definition) is 3. The molecule has 0 N–H and O–H groups in total. The van der Waals surface area contributed by atoms with Crippen molar-refractivity contribution in [2.45, 2.75) is 26.4 Å². The van der Waals surface area contributed by atoms with Gasteiger partial charge in [0.2, 0.25) is 11.8 Å². The molecule has 29 heavy (non-hydrogen) atoms. The lowest BCUT2D eigenvalue weighted by atomic mass is 10.1. The van der Waals surface area contributed by atoms with Crippen LogP contribution in [0.15, 0.2) is 54.6 Å². The molecule has 2 aliphatic heterocycles. The number of benzene rings is 2. The maximum Gasteiger partial charge on any atom is 0.228 e. The minimum atomic E-state index is -0.200. The Labute approximate surface area is 172 Å². The van der Waals surface area contributed by atoms with Gasteiger partial charge in [-0.2, -0.15) is 0 Å². The topological polar surface area (TPSA) is 43.9 Å². The smallest absolute Gasteiger partial charge is 0.228 e. The average Bonchev–Trinajstić information content (AvgIpc) is 3.11. The zero-order valence-electron chi connectivity index (χ0n) is 17.1. The fraction of sp³-hybridized carbons (Fsp3) is 0.417. The minimum Gasteiger partial charge on any atom is -0.340 e. The van der Waals surface area contributed by atoms with Gasteiger partial charge in [-0.25, -0.2) is 0 Å². The number of carbonyl (C=O) groups is 2. The van der Waals surface area contributed by atoms with E-state index in [-0.39, 0.29) is 17.7 Å². The van der Waals surface area contributed by atoms with Crippen molar-refractivity contribution < 1.29 is 9.59 Å². The summed E-state index contributed by atoms with van der Waals surface area (Å²) in [6.07, 6.45) is 0.342. The molecule has 2 fully saturated rings. The predicted octanol–water partition coefficient (Wildman–Crippen LogP) is 2.69. The molecule has 0 bridgehead atoms. The molecule has 2 amide bonds. The Morgan fingerprint density at radius 2 is 1.62 bits per heavy atom. The van der Waals surface area contributed by atoms with Gasteiger partial charge < -0.3 is 9.80 Å². The highest BCUT2D eigenvalue weighted by molar-refractivity contribution is 5.89. The molecule has 0 spiro atoms. The quantitative estimate of drug-likeness (QED) is 0.787. The summed E-state index contributed by atoms with van der Waals surface area (Å²) in [7, 11) is 0. The number of piperazine rings is 1. The molecule has 152 valence electrons. The van der Waals surface area contributed by atoms with Crippen molar-refractivity contribution in [3.63, 3.8) is 0 Å². The van der Waals surface area contributed by atoms with E-state index in [0.29, 0.717) is 19.5 Å². The van der Waals surface area contributed by atoms with Gasteiger partial charge in [0.05, 0.1) is 5.92 Å². The first kappa shape index (κ1) is 19.6. The van der Waals surface area contributed by atoms with Gasteiger partial charge in [0.15, 0.2) is 0 Å².